The van der Waals surface area contributed by atoms with Crippen LogP contribution in [-0.4, -0.2) is 44.8 Å². The van der Waals surface area contributed by atoms with Crippen LogP contribution in [0.15, 0.2) is 71.6 Å². The highest BCUT2D eigenvalue weighted by Crippen LogP contribution is 2.27. The molecule has 1 aliphatic rings. The van der Waals surface area contributed by atoms with Gasteiger partial charge in [-0.2, -0.15) is 0 Å². The van der Waals surface area contributed by atoms with Crippen molar-refractivity contribution in [2.75, 3.05) is 29.3 Å². The number of aryl methyl sites for hydroxylation is 3. The SMILES string of the molecule is Cc1ccc(S(=O)(=O)N(CC(=O)Nc2ccccc2C(=O)N2CCCCCC2)c2cc(C)cc(C)c2)cc1. The molecule has 1 aliphatic heterocycles. The maximum atomic E-state index is 13.8. The summed E-state index contributed by atoms with van der Waals surface area (Å²) < 4.78 is 28.6. The molecule has 3 aromatic carbocycles. The third-order valence-corrected chi connectivity index (χ3v) is 8.50. The molecule has 1 N–H and O–H groups in total. The van der Waals surface area contributed by atoms with Crippen LogP contribution in [0.5, 0.6) is 0 Å². The first-order valence-electron chi connectivity index (χ1n) is 13.0. The van der Waals surface area contributed by atoms with Crippen LogP contribution >= 0.6 is 0 Å². The molecule has 8 heteroatoms. The Morgan fingerprint density at radius 1 is 0.816 bits per heavy atom. The number of carbonyl (C=O) groups excluding carboxylic acids is 2. The molecule has 0 radical (unpaired) electrons. The van der Waals surface area contributed by atoms with Crippen molar-refractivity contribution in [3.63, 3.8) is 0 Å². The van der Waals surface area contributed by atoms with Crippen LogP contribution in [0, 0.1) is 20.8 Å². The Hall–Kier alpha value is -3.65. The summed E-state index contributed by atoms with van der Waals surface area (Å²) in [5.41, 5.74) is 3.90. The number of amides is 2. The van der Waals surface area contributed by atoms with E-state index in [-0.39, 0.29) is 10.8 Å². The number of hydrogen-bond donors (Lipinski definition) is 1. The molecular weight excluding hydrogens is 498 g/mol. The smallest absolute Gasteiger partial charge is 0.264 e. The van der Waals surface area contributed by atoms with Gasteiger partial charge in [0.15, 0.2) is 0 Å². The number of hydrogen-bond acceptors (Lipinski definition) is 4. The molecule has 200 valence electrons. The largest absolute Gasteiger partial charge is 0.339 e. The molecule has 0 aliphatic carbocycles. The van der Waals surface area contributed by atoms with Crippen molar-refractivity contribution in [1.82, 2.24) is 4.90 Å². The van der Waals surface area contributed by atoms with Gasteiger partial charge in [0.05, 0.1) is 21.8 Å². The van der Waals surface area contributed by atoms with Crippen LogP contribution in [0.25, 0.3) is 0 Å². The minimum atomic E-state index is -4.04. The average molecular weight is 534 g/mol. The lowest BCUT2D eigenvalue weighted by molar-refractivity contribution is -0.114. The zero-order valence-corrected chi connectivity index (χ0v) is 23.1. The monoisotopic (exact) mass is 533 g/mol. The van der Waals surface area contributed by atoms with Gasteiger partial charge in [-0.1, -0.05) is 48.7 Å². The summed E-state index contributed by atoms with van der Waals surface area (Å²) in [6.07, 6.45) is 4.13. The topological polar surface area (TPSA) is 86.8 Å². The fraction of sp³-hybridized carbons (Fsp3) is 0.333. The summed E-state index contributed by atoms with van der Waals surface area (Å²) in [5, 5.41) is 2.82. The normalized spacial score (nSPS) is 14.0. The Bertz CT molecular complexity index is 1390. The Labute approximate surface area is 225 Å². The van der Waals surface area contributed by atoms with Gasteiger partial charge < -0.3 is 10.2 Å². The zero-order valence-electron chi connectivity index (χ0n) is 22.2. The molecule has 0 unspecified atom stereocenters. The van der Waals surface area contributed by atoms with Gasteiger partial charge in [0.1, 0.15) is 6.54 Å². The predicted molar refractivity (Wildman–Crippen MR) is 151 cm³/mol. The van der Waals surface area contributed by atoms with E-state index >= 15 is 0 Å². The number of benzene rings is 3. The summed E-state index contributed by atoms with van der Waals surface area (Å²) in [6.45, 7) is 6.60. The molecule has 0 saturated carbocycles. The molecule has 0 aromatic heterocycles. The van der Waals surface area contributed by atoms with Crippen molar-refractivity contribution in [2.45, 2.75) is 51.3 Å². The highest BCUT2D eigenvalue weighted by Gasteiger charge is 2.28. The van der Waals surface area contributed by atoms with E-state index in [0.717, 1.165) is 46.7 Å². The van der Waals surface area contributed by atoms with Gasteiger partial charge in [-0.3, -0.25) is 13.9 Å². The Morgan fingerprint density at radius 2 is 1.42 bits per heavy atom. The Balaban J connectivity index is 1.63. The summed E-state index contributed by atoms with van der Waals surface area (Å²) >= 11 is 0. The van der Waals surface area contributed by atoms with Crippen molar-refractivity contribution >= 4 is 33.2 Å². The third-order valence-electron chi connectivity index (χ3n) is 6.72. The lowest BCUT2D eigenvalue weighted by Crippen LogP contribution is -2.38. The molecule has 1 saturated heterocycles. The van der Waals surface area contributed by atoms with Gasteiger partial charge in [0.2, 0.25) is 5.91 Å². The second kappa shape index (κ2) is 11.8. The summed E-state index contributed by atoms with van der Waals surface area (Å²) in [5.74, 6) is -0.655. The molecule has 1 heterocycles. The molecule has 0 spiro atoms. The number of carbonyl (C=O) groups is 2. The highest BCUT2D eigenvalue weighted by molar-refractivity contribution is 7.92. The number of nitrogens with one attached hydrogen (secondary N) is 1. The quantitative estimate of drug-likeness (QED) is 0.437. The number of sulfonamides is 1. The highest BCUT2D eigenvalue weighted by atomic mass is 32.2. The summed E-state index contributed by atoms with van der Waals surface area (Å²) in [6, 6.07) is 18.9. The van der Waals surface area contributed by atoms with Crippen LogP contribution in [0.2, 0.25) is 0 Å². The molecule has 7 nitrogen and oxygen atoms in total. The van der Waals surface area contributed by atoms with E-state index in [9.17, 15) is 18.0 Å². The molecule has 4 rings (SSSR count). The number of nitrogens with zero attached hydrogens (tertiary/aromatic N) is 2. The predicted octanol–water partition coefficient (Wildman–Crippen LogP) is 5.46. The maximum Gasteiger partial charge on any atom is 0.264 e. The molecular formula is C30H35N3O4S. The number of para-hydroxylation sites is 1. The molecule has 0 atom stereocenters. The van der Waals surface area contributed by atoms with Gasteiger partial charge in [0, 0.05) is 13.1 Å². The first-order valence-corrected chi connectivity index (χ1v) is 14.4. The Morgan fingerprint density at radius 3 is 2.05 bits per heavy atom. The first-order chi connectivity index (χ1) is 18.1. The molecule has 0 bridgehead atoms. The fourth-order valence-electron chi connectivity index (χ4n) is 4.79. The summed E-state index contributed by atoms with van der Waals surface area (Å²) in [4.78, 5) is 28.6. The van der Waals surface area contributed by atoms with Crippen molar-refractivity contribution in [1.29, 1.82) is 0 Å². The molecule has 3 aromatic rings. The minimum absolute atomic E-state index is 0.104. The van der Waals surface area contributed by atoms with E-state index in [0.29, 0.717) is 30.0 Å². The second-order valence-corrected chi connectivity index (χ2v) is 11.8. The number of anilines is 2. The Kier molecular flexibility index (Phi) is 8.52. The zero-order chi connectivity index (χ0) is 27.3. The molecule has 38 heavy (non-hydrogen) atoms. The lowest BCUT2D eigenvalue weighted by Gasteiger charge is -2.25. The van der Waals surface area contributed by atoms with Gasteiger partial charge >= 0.3 is 0 Å². The first kappa shape index (κ1) is 27.4. The number of likely N-dealkylation sites (tertiary alicyclic amines) is 1. The van der Waals surface area contributed by atoms with Gasteiger partial charge in [-0.25, -0.2) is 8.42 Å². The van der Waals surface area contributed by atoms with Crippen LogP contribution < -0.4 is 9.62 Å². The number of rotatable bonds is 7. The fourth-order valence-corrected chi connectivity index (χ4v) is 6.19. The van der Waals surface area contributed by atoms with Crippen LogP contribution in [0.4, 0.5) is 11.4 Å². The van der Waals surface area contributed by atoms with E-state index < -0.39 is 22.5 Å². The third kappa shape index (κ3) is 6.42. The minimum Gasteiger partial charge on any atom is -0.339 e. The summed E-state index contributed by atoms with van der Waals surface area (Å²) in [7, 11) is -4.04. The van der Waals surface area contributed by atoms with Crippen molar-refractivity contribution in [3.05, 3.63) is 89.0 Å². The van der Waals surface area contributed by atoms with E-state index in [1.807, 2.05) is 31.7 Å². The lowest BCUT2D eigenvalue weighted by atomic mass is 10.1. The van der Waals surface area contributed by atoms with Crippen molar-refractivity contribution < 1.29 is 18.0 Å². The van der Waals surface area contributed by atoms with Crippen molar-refractivity contribution in [3.8, 4) is 0 Å². The second-order valence-electron chi connectivity index (χ2n) is 9.97. The maximum absolute atomic E-state index is 13.8. The van der Waals surface area contributed by atoms with Crippen LogP contribution in [0.1, 0.15) is 52.7 Å². The van der Waals surface area contributed by atoms with Crippen LogP contribution in [0.3, 0.4) is 0 Å². The van der Waals surface area contributed by atoms with E-state index in [1.54, 1.807) is 60.7 Å². The van der Waals surface area contributed by atoms with E-state index in [4.69, 9.17) is 0 Å². The van der Waals surface area contributed by atoms with Crippen molar-refractivity contribution in [2.24, 2.45) is 0 Å². The van der Waals surface area contributed by atoms with Gasteiger partial charge in [-0.15, -0.1) is 0 Å². The molecule has 1 fully saturated rings. The van der Waals surface area contributed by atoms with Gasteiger partial charge in [0.25, 0.3) is 15.9 Å². The van der Waals surface area contributed by atoms with E-state index in [2.05, 4.69) is 5.32 Å². The van der Waals surface area contributed by atoms with Crippen LogP contribution in [-0.2, 0) is 14.8 Å². The standard InChI is InChI=1S/C30H35N3O4S/c1-22-12-14-26(15-13-22)38(36,37)33(25-19-23(2)18-24(3)20-25)21-29(34)31-28-11-7-6-10-27(28)30(35)32-16-8-4-5-9-17-32/h6-7,10-15,18-20H,4-5,8-9,16-17,21H2,1-3H3,(H,31,34). The van der Waals surface area contributed by atoms with E-state index in [1.165, 1.54) is 0 Å². The molecule has 2 amide bonds. The average Bonchev–Trinajstić information content (AvgIpc) is 3.16. The van der Waals surface area contributed by atoms with Gasteiger partial charge in [-0.05, 0) is 81.1 Å².